The molecular formula is C15H27N3S. The molecular weight excluding hydrogens is 254 g/mol. The van der Waals surface area contributed by atoms with Crippen LogP contribution in [0, 0.1) is 5.41 Å². The van der Waals surface area contributed by atoms with Gasteiger partial charge in [0.05, 0.1) is 0 Å². The maximum Gasteiger partial charge on any atom is 0.157 e. The standard InChI is InChI=1S/C15H27N3S/c1-14(7-9-18(2)10-8-14)11-16-13-17-15(12-19-13)5-3-4-6-15/h3-12H2,1-2H3,(H,16,17). The molecule has 0 bridgehead atoms. The SMILES string of the molecule is CN1CCC(C)(CN=C2NC3(CCCC3)CS2)CC1. The summed E-state index contributed by atoms with van der Waals surface area (Å²) in [6.07, 6.45) is 8.06. The second-order valence-electron chi connectivity index (χ2n) is 7.14. The highest BCUT2D eigenvalue weighted by Gasteiger charge is 2.39. The van der Waals surface area contributed by atoms with Crippen LogP contribution in [0.15, 0.2) is 4.99 Å². The van der Waals surface area contributed by atoms with Crippen molar-refractivity contribution in [2.45, 2.75) is 51.0 Å². The molecule has 1 saturated carbocycles. The number of likely N-dealkylation sites (tertiary alicyclic amines) is 1. The Labute approximate surface area is 121 Å². The predicted octanol–water partition coefficient (Wildman–Crippen LogP) is 2.72. The van der Waals surface area contributed by atoms with Crippen molar-refractivity contribution in [1.29, 1.82) is 0 Å². The lowest BCUT2D eigenvalue weighted by atomic mass is 9.80. The molecule has 4 heteroatoms. The van der Waals surface area contributed by atoms with E-state index in [4.69, 9.17) is 4.99 Å². The van der Waals surface area contributed by atoms with E-state index in [-0.39, 0.29) is 0 Å². The summed E-state index contributed by atoms with van der Waals surface area (Å²) in [5.74, 6) is 1.24. The van der Waals surface area contributed by atoms with E-state index in [1.54, 1.807) is 0 Å². The van der Waals surface area contributed by atoms with Gasteiger partial charge < -0.3 is 10.2 Å². The van der Waals surface area contributed by atoms with Crippen molar-refractivity contribution in [3.05, 3.63) is 0 Å². The molecule has 3 rings (SSSR count). The molecule has 108 valence electrons. The van der Waals surface area contributed by atoms with E-state index in [0.717, 1.165) is 6.54 Å². The highest BCUT2D eigenvalue weighted by Crippen LogP contribution is 2.38. The van der Waals surface area contributed by atoms with E-state index >= 15 is 0 Å². The first-order chi connectivity index (χ1) is 9.09. The Morgan fingerprint density at radius 2 is 1.89 bits per heavy atom. The summed E-state index contributed by atoms with van der Waals surface area (Å²) in [5.41, 5.74) is 0.838. The van der Waals surface area contributed by atoms with Crippen LogP contribution in [0.1, 0.15) is 45.4 Å². The number of amidine groups is 1. The van der Waals surface area contributed by atoms with Crippen molar-refractivity contribution < 1.29 is 0 Å². The molecule has 2 saturated heterocycles. The van der Waals surface area contributed by atoms with Crippen molar-refractivity contribution in [2.75, 3.05) is 32.4 Å². The van der Waals surface area contributed by atoms with E-state index in [2.05, 4.69) is 24.2 Å². The van der Waals surface area contributed by atoms with Crippen molar-refractivity contribution >= 4 is 16.9 Å². The highest BCUT2D eigenvalue weighted by atomic mass is 32.2. The molecule has 0 aromatic rings. The Morgan fingerprint density at radius 1 is 1.21 bits per heavy atom. The van der Waals surface area contributed by atoms with E-state index < -0.39 is 0 Å². The summed E-state index contributed by atoms with van der Waals surface area (Å²) < 4.78 is 0. The molecule has 1 N–H and O–H groups in total. The highest BCUT2D eigenvalue weighted by molar-refractivity contribution is 8.14. The zero-order valence-electron chi connectivity index (χ0n) is 12.4. The minimum Gasteiger partial charge on any atom is -0.359 e. The van der Waals surface area contributed by atoms with Crippen LogP contribution in [-0.4, -0.2) is 48.0 Å². The first kappa shape index (κ1) is 13.7. The van der Waals surface area contributed by atoms with Crippen LogP contribution in [0.25, 0.3) is 0 Å². The van der Waals surface area contributed by atoms with Crippen LogP contribution in [0.4, 0.5) is 0 Å². The molecule has 0 aromatic carbocycles. The van der Waals surface area contributed by atoms with Gasteiger partial charge in [-0.3, -0.25) is 4.99 Å². The minimum atomic E-state index is 0.414. The molecule has 2 aliphatic heterocycles. The Morgan fingerprint density at radius 3 is 2.58 bits per heavy atom. The smallest absolute Gasteiger partial charge is 0.157 e. The van der Waals surface area contributed by atoms with Crippen LogP contribution in [0.5, 0.6) is 0 Å². The van der Waals surface area contributed by atoms with Gasteiger partial charge >= 0.3 is 0 Å². The fraction of sp³-hybridized carbons (Fsp3) is 0.933. The van der Waals surface area contributed by atoms with E-state index in [9.17, 15) is 0 Å². The number of piperidine rings is 1. The van der Waals surface area contributed by atoms with E-state index in [1.807, 2.05) is 11.8 Å². The van der Waals surface area contributed by atoms with Crippen molar-refractivity contribution in [2.24, 2.45) is 10.4 Å². The van der Waals surface area contributed by atoms with Gasteiger partial charge in [0.2, 0.25) is 0 Å². The Kier molecular flexibility index (Phi) is 3.82. The van der Waals surface area contributed by atoms with Gasteiger partial charge in [-0.15, -0.1) is 0 Å². The quantitative estimate of drug-likeness (QED) is 0.843. The maximum absolute atomic E-state index is 4.91. The Balaban J connectivity index is 1.55. The molecule has 3 nitrogen and oxygen atoms in total. The van der Waals surface area contributed by atoms with E-state index in [1.165, 1.54) is 62.5 Å². The number of hydrogen-bond acceptors (Lipinski definition) is 3. The molecule has 0 unspecified atom stereocenters. The summed E-state index contributed by atoms with van der Waals surface area (Å²) >= 11 is 1.95. The first-order valence-electron chi connectivity index (χ1n) is 7.73. The minimum absolute atomic E-state index is 0.414. The number of rotatable bonds is 2. The average Bonchev–Trinajstić information content (AvgIpc) is 3.03. The van der Waals surface area contributed by atoms with Gasteiger partial charge in [-0.25, -0.2) is 0 Å². The lowest BCUT2D eigenvalue weighted by Crippen LogP contribution is -2.41. The third-order valence-corrected chi connectivity index (χ3v) is 6.42. The second kappa shape index (κ2) is 5.28. The first-order valence-corrected chi connectivity index (χ1v) is 8.72. The number of aliphatic imine (C=N–C) groups is 1. The fourth-order valence-corrected chi connectivity index (χ4v) is 4.71. The van der Waals surface area contributed by atoms with Gasteiger partial charge in [0.1, 0.15) is 0 Å². The van der Waals surface area contributed by atoms with Crippen LogP contribution >= 0.6 is 11.8 Å². The normalized spacial score (nSPS) is 32.0. The maximum atomic E-state index is 4.91. The van der Waals surface area contributed by atoms with E-state index in [0.29, 0.717) is 11.0 Å². The summed E-state index contributed by atoms with van der Waals surface area (Å²) in [6.45, 7) is 5.87. The molecule has 0 amide bonds. The van der Waals surface area contributed by atoms with Crippen LogP contribution in [-0.2, 0) is 0 Å². The lowest BCUT2D eigenvalue weighted by Gasteiger charge is -2.36. The molecule has 0 atom stereocenters. The van der Waals surface area contributed by atoms with Crippen molar-refractivity contribution in [3.63, 3.8) is 0 Å². The third-order valence-electron chi connectivity index (χ3n) is 5.22. The van der Waals surface area contributed by atoms with Gasteiger partial charge in [0.25, 0.3) is 0 Å². The lowest BCUT2D eigenvalue weighted by molar-refractivity contribution is 0.147. The Bertz CT molecular complexity index is 352. The Hall–Kier alpha value is -0.220. The molecule has 19 heavy (non-hydrogen) atoms. The molecule has 3 fully saturated rings. The molecule has 1 aliphatic carbocycles. The fourth-order valence-electron chi connectivity index (χ4n) is 3.49. The molecule has 1 spiro atoms. The average molecular weight is 281 g/mol. The topological polar surface area (TPSA) is 27.6 Å². The van der Waals surface area contributed by atoms with Gasteiger partial charge in [-0.1, -0.05) is 31.5 Å². The summed E-state index contributed by atoms with van der Waals surface area (Å²) in [4.78, 5) is 7.35. The van der Waals surface area contributed by atoms with Crippen LogP contribution in [0.2, 0.25) is 0 Å². The molecule has 0 aromatic heterocycles. The van der Waals surface area contributed by atoms with Gasteiger partial charge in [0.15, 0.2) is 5.17 Å². The van der Waals surface area contributed by atoms with Gasteiger partial charge in [0, 0.05) is 17.8 Å². The summed E-state index contributed by atoms with van der Waals surface area (Å²) in [7, 11) is 2.23. The van der Waals surface area contributed by atoms with Crippen LogP contribution < -0.4 is 5.32 Å². The zero-order valence-corrected chi connectivity index (χ0v) is 13.2. The number of nitrogens with one attached hydrogen (secondary N) is 1. The summed E-state index contributed by atoms with van der Waals surface area (Å²) in [6, 6.07) is 0. The molecule has 2 heterocycles. The number of thioether (sulfide) groups is 1. The van der Waals surface area contributed by atoms with Gasteiger partial charge in [-0.05, 0) is 51.2 Å². The predicted molar refractivity (Wildman–Crippen MR) is 83.9 cm³/mol. The largest absolute Gasteiger partial charge is 0.359 e. The number of nitrogens with zero attached hydrogens (tertiary/aromatic N) is 2. The third kappa shape index (κ3) is 3.10. The summed E-state index contributed by atoms with van der Waals surface area (Å²) in [5, 5.41) is 4.96. The van der Waals surface area contributed by atoms with Crippen LogP contribution in [0.3, 0.4) is 0 Å². The molecule has 0 radical (unpaired) electrons. The zero-order chi connectivity index (χ0) is 13.3. The number of hydrogen-bond donors (Lipinski definition) is 1. The van der Waals surface area contributed by atoms with Gasteiger partial charge in [-0.2, -0.15) is 0 Å². The van der Waals surface area contributed by atoms with Crippen molar-refractivity contribution in [3.8, 4) is 0 Å². The second-order valence-corrected chi connectivity index (χ2v) is 8.10. The monoisotopic (exact) mass is 281 g/mol. The van der Waals surface area contributed by atoms with Crippen molar-refractivity contribution in [1.82, 2.24) is 10.2 Å². The molecule has 3 aliphatic rings.